The predicted molar refractivity (Wildman–Crippen MR) is 85.8 cm³/mol. The van der Waals surface area contributed by atoms with Crippen molar-refractivity contribution in [3.8, 4) is 0 Å². The lowest BCUT2D eigenvalue weighted by Crippen LogP contribution is -2.61. The van der Waals surface area contributed by atoms with Crippen molar-refractivity contribution in [2.45, 2.75) is 25.4 Å². The number of nitrogens with zero attached hydrogens (tertiary/aromatic N) is 3. The van der Waals surface area contributed by atoms with E-state index in [0.29, 0.717) is 11.6 Å². The maximum Gasteiger partial charge on any atom is 0.257 e. The Bertz CT molecular complexity index is 646. The molecule has 3 heterocycles. The second-order valence-electron chi connectivity index (χ2n) is 6.60. The maximum atomic E-state index is 12.3. The molecule has 23 heavy (non-hydrogen) atoms. The molecule has 2 fully saturated rings. The molecule has 1 aliphatic heterocycles. The fourth-order valence-corrected chi connectivity index (χ4v) is 3.12. The Morgan fingerprint density at radius 1 is 1.26 bits per heavy atom. The van der Waals surface area contributed by atoms with Crippen molar-refractivity contribution in [1.29, 1.82) is 0 Å². The molecule has 1 saturated heterocycles. The van der Waals surface area contributed by atoms with Crippen LogP contribution in [0.15, 0.2) is 47.5 Å². The van der Waals surface area contributed by atoms with E-state index in [0.717, 1.165) is 32.1 Å². The molecule has 1 amide bonds. The molecular weight excluding hydrogens is 290 g/mol. The zero-order chi connectivity index (χ0) is 15.6. The monoisotopic (exact) mass is 311 g/mol. The summed E-state index contributed by atoms with van der Waals surface area (Å²) >= 11 is 0. The highest BCUT2D eigenvalue weighted by molar-refractivity contribution is 5.94. The van der Waals surface area contributed by atoms with Gasteiger partial charge >= 0.3 is 0 Å². The van der Waals surface area contributed by atoms with Gasteiger partial charge in [0.25, 0.3) is 5.91 Å². The minimum atomic E-state index is 0.0743. The van der Waals surface area contributed by atoms with Crippen molar-refractivity contribution in [3.05, 3.63) is 54.2 Å². The van der Waals surface area contributed by atoms with Crippen molar-refractivity contribution < 1.29 is 9.21 Å². The SMILES string of the molecule is O=C(c1ccoc1)N1CC(N(Cc2ccncc2)CC2CC2)C1. The van der Waals surface area contributed by atoms with Gasteiger partial charge < -0.3 is 9.32 Å². The highest BCUT2D eigenvalue weighted by Crippen LogP contribution is 2.32. The summed E-state index contributed by atoms with van der Waals surface area (Å²) in [6.07, 6.45) is 9.46. The van der Waals surface area contributed by atoms with Crippen LogP contribution in [0, 0.1) is 5.92 Å². The smallest absolute Gasteiger partial charge is 0.257 e. The third-order valence-electron chi connectivity index (χ3n) is 4.76. The van der Waals surface area contributed by atoms with Gasteiger partial charge in [-0.1, -0.05) is 0 Å². The molecule has 0 N–H and O–H groups in total. The Balaban J connectivity index is 1.37. The highest BCUT2D eigenvalue weighted by atomic mass is 16.3. The van der Waals surface area contributed by atoms with Gasteiger partial charge in [0.05, 0.1) is 11.8 Å². The fourth-order valence-electron chi connectivity index (χ4n) is 3.12. The molecule has 4 rings (SSSR count). The Labute approximate surface area is 135 Å². The number of amides is 1. The van der Waals surface area contributed by atoms with Crippen LogP contribution in [0.4, 0.5) is 0 Å². The van der Waals surface area contributed by atoms with E-state index in [4.69, 9.17) is 4.42 Å². The maximum absolute atomic E-state index is 12.3. The molecule has 0 unspecified atom stereocenters. The van der Waals surface area contributed by atoms with Crippen LogP contribution in [-0.4, -0.2) is 46.4 Å². The molecule has 120 valence electrons. The number of hydrogen-bond donors (Lipinski definition) is 0. The first kappa shape index (κ1) is 14.5. The Morgan fingerprint density at radius 2 is 2.04 bits per heavy atom. The molecule has 0 atom stereocenters. The summed E-state index contributed by atoms with van der Waals surface area (Å²) in [5.74, 6) is 0.917. The van der Waals surface area contributed by atoms with Crippen molar-refractivity contribution >= 4 is 5.91 Å². The third kappa shape index (κ3) is 3.29. The third-order valence-corrected chi connectivity index (χ3v) is 4.76. The van der Waals surface area contributed by atoms with Gasteiger partial charge in [-0.05, 0) is 42.5 Å². The summed E-state index contributed by atoms with van der Waals surface area (Å²) in [6, 6.07) is 6.34. The Kier molecular flexibility index (Phi) is 3.87. The van der Waals surface area contributed by atoms with E-state index in [1.807, 2.05) is 17.3 Å². The van der Waals surface area contributed by atoms with E-state index in [2.05, 4.69) is 22.0 Å². The van der Waals surface area contributed by atoms with Crippen LogP contribution in [0.2, 0.25) is 0 Å². The summed E-state index contributed by atoms with van der Waals surface area (Å²) in [5.41, 5.74) is 1.94. The standard InChI is InChI=1S/C18H21N3O2/c22-18(16-5-8-23-13-16)21-11-17(12-21)20(9-14-1-2-14)10-15-3-6-19-7-4-15/h3-8,13-14,17H,1-2,9-12H2. The molecule has 2 aromatic rings. The molecule has 2 aromatic heterocycles. The van der Waals surface area contributed by atoms with E-state index in [1.165, 1.54) is 24.7 Å². The molecule has 2 aliphatic rings. The zero-order valence-electron chi connectivity index (χ0n) is 13.1. The van der Waals surface area contributed by atoms with E-state index >= 15 is 0 Å². The van der Waals surface area contributed by atoms with Gasteiger partial charge in [-0.3, -0.25) is 14.7 Å². The number of carbonyl (C=O) groups is 1. The minimum absolute atomic E-state index is 0.0743. The van der Waals surface area contributed by atoms with Crippen molar-refractivity contribution in [2.24, 2.45) is 5.92 Å². The van der Waals surface area contributed by atoms with Crippen LogP contribution in [0.25, 0.3) is 0 Å². The topological polar surface area (TPSA) is 49.6 Å². The average Bonchev–Trinajstić information content (AvgIpc) is 3.16. The molecule has 1 aliphatic carbocycles. The van der Waals surface area contributed by atoms with Gasteiger partial charge in [-0.2, -0.15) is 0 Å². The first-order valence-corrected chi connectivity index (χ1v) is 8.24. The fraction of sp³-hybridized carbons (Fsp3) is 0.444. The lowest BCUT2D eigenvalue weighted by atomic mass is 10.0. The zero-order valence-corrected chi connectivity index (χ0v) is 13.1. The number of carbonyl (C=O) groups excluding carboxylic acids is 1. The van der Waals surface area contributed by atoms with Gasteiger partial charge in [-0.25, -0.2) is 0 Å². The van der Waals surface area contributed by atoms with Gasteiger partial charge in [0.15, 0.2) is 0 Å². The van der Waals surface area contributed by atoms with E-state index in [1.54, 1.807) is 12.3 Å². The number of rotatable bonds is 6. The van der Waals surface area contributed by atoms with E-state index < -0.39 is 0 Å². The van der Waals surface area contributed by atoms with Crippen LogP contribution in [0.1, 0.15) is 28.8 Å². The van der Waals surface area contributed by atoms with Crippen molar-refractivity contribution in [1.82, 2.24) is 14.8 Å². The molecule has 5 heteroatoms. The molecule has 1 saturated carbocycles. The molecule has 5 nitrogen and oxygen atoms in total. The molecule has 0 spiro atoms. The van der Waals surface area contributed by atoms with Gasteiger partial charge in [0, 0.05) is 44.6 Å². The summed E-state index contributed by atoms with van der Waals surface area (Å²) in [5, 5.41) is 0. The largest absolute Gasteiger partial charge is 0.472 e. The van der Waals surface area contributed by atoms with Crippen molar-refractivity contribution in [2.75, 3.05) is 19.6 Å². The van der Waals surface area contributed by atoms with Crippen LogP contribution >= 0.6 is 0 Å². The second-order valence-corrected chi connectivity index (χ2v) is 6.60. The first-order chi connectivity index (χ1) is 11.3. The first-order valence-electron chi connectivity index (χ1n) is 8.24. The van der Waals surface area contributed by atoms with E-state index in [-0.39, 0.29) is 5.91 Å². The number of aromatic nitrogens is 1. The summed E-state index contributed by atoms with van der Waals surface area (Å²) in [4.78, 5) is 20.8. The van der Waals surface area contributed by atoms with Crippen molar-refractivity contribution in [3.63, 3.8) is 0 Å². The Hall–Kier alpha value is -2.14. The minimum Gasteiger partial charge on any atom is -0.472 e. The quantitative estimate of drug-likeness (QED) is 0.822. The predicted octanol–water partition coefficient (Wildman–Crippen LogP) is 2.41. The molecule has 0 bridgehead atoms. The normalized spacial score (nSPS) is 18.2. The number of hydrogen-bond acceptors (Lipinski definition) is 4. The van der Waals surface area contributed by atoms with Gasteiger partial charge in [0.2, 0.25) is 0 Å². The van der Waals surface area contributed by atoms with Crippen LogP contribution < -0.4 is 0 Å². The Morgan fingerprint density at radius 3 is 2.70 bits per heavy atom. The summed E-state index contributed by atoms with van der Waals surface area (Å²) in [6.45, 7) is 3.70. The summed E-state index contributed by atoms with van der Waals surface area (Å²) < 4.78 is 5.00. The molecule has 0 radical (unpaired) electrons. The van der Waals surface area contributed by atoms with Crippen LogP contribution in [0.3, 0.4) is 0 Å². The molecular formula is C18H21N3O2. The van der Waals surface area contributed by atoms with E-state index in [9.17, 15) is 4.79 Å². The second kappa shape index (κ2) is 6.16. The molecule has 0 aromatic carbocycles. The average molecular weight is 311 g/mol. The van der Waals surface area contributed by atoms with Crippen LogP contribution in [0.5, 0.6) is 0 Å². The highest BCUT2D eigenvalue weighted by Gasteiger charge is 2.37. The summed E-state index contributed by atoms with van der Waals surface area (Å²) in [7, 11) is 0. The number of furan rings is 1. The van der Waals surface area contributed by atoms with Gasteiger partial charge in [0.1, 0.15) is 6.26 Å². The lowest BCUT2D eigenvalue weighted by Gasteiger charge is -2.45. The number of pyridine rings is 1. The number of likely N-dealkylation sites (tertiary alicyclic amines) is 1. The lowest BCUT2D eigenvalue weighted by molar-refractivity contribution is 0.0219. The van der Waals surface area contributed by atoms with Gasteiger partial charge in [-0.15, -0.1) is 0 Å². The van der Waals surface area contributed by atoms with Crippen LogP contribution in [-0.2, 0) is 6.54 Å².